The summed E-state index contributed by atoms with van der Waals surface area (Å²) in [6.45, 7) is 5.04. The van der Waals surface area contributed by atoms with Crippen LogP contribution in [0, 0.1) is 0 Å². The summed E-state index contributed by atoms with van der Waals surface area (Å²) < 4.78 is 0. The molecule has 1 aromatic carbocycles. The lowest BCUT2D eigenvalue weighted by atomic mass is 10.1. The van der Waals surface area contributed by atoms with E-state index < -0.39 is 0 Å². The maximum absolute atomic E-state index is 6.01. The Bertz CT molecular complexity index is 384. The van der Waals surface area contributed by atoms with Gasteiger partial charge in [-0.15, -0.1) is 0 Å². The maximum atomic E-state index is 6.01. The van der Waals surface area contributed by atoms with Crippen LogP contribution in [0.5, 0.6) is 0 Å². The van der Waals surface area contributed by atoms with E-state index in [9.17, 15) is 0 Å². The summed E-state index contributed by atoms with van der Waals surface area (Å²) in [5.74, 6) is 1.20. The van der Waals surface area contributed by atoms with E-state index >= 15 is 0 Å². The number of nitrogens with two attached hydrogens (primary N) is 1. The van der Waals surface area contributed by atoms with E-state index in [0.717, 1.165) is 28.9 Å². The molecule has 4 heteroatoms. The predicted molar refractivity (Wildman–Crippen MR) is 78.1 cm³/mol. The van der Waals surface area contributed by atoms with Gasteiger partial charge in [-0.2, -0.15) is 11.8 Å². The first kappa shape index (κ1) is 13.1. The van der Waals surface area contributed by atoms with Gasteiger partial charge in [-0.1, -0.05) is 18.5 Å². The number of hydrogen-bond acceptors (Lipinski definition) is 3. The summed E-state index contributed by atoms with van der Waals surface area (Å²) in [6, 6.07) is 6.05. The molecule has 1 aromatic rings. The minimum absolute atomic E-state index is 0.552. The van der Waals surface area contributed by atoms with Gasteiger partial charge in [0.05, 0.1) is 0 Å². The van der Waals surface area contributed by atoms with Gasteiger partial charge in [-0.05, 0) is 30.2 Å². The molecule has 94 valence electrons. The second-order valence-electron chi connectivity index (χ2n) is 4.32. The van der Waals surface area contributed by atoms with Crippen LogP contribution in [0.4, 0.5) is 5.69 Å². The first-order chi connectivity index (χ1) is 8.24. The third-order valence-electron chi connectivity index (χ3n) is 3.20. The van der Waals surface area contributed by atoms with Crippen LogP contribution in [0.1, 0.15) is 18.9 Å². The molecule has 0 bridgehead atoms. The molecule has 0 aromatic heterocycles. The van der Waals surface area contributed by atoms with Crippen molar-refractivity contribution in [1.29, 1.82) is 0 Å². The van der Waals surface area contributed by atoms with Gasteiger partial charge in [-0.3, -0.25) is 0 Å². The zero-order valence-electron chi connectivity index (χ0n) is 10.2. The average molecular weight is 271 g/mol. The summed E-state index contributed by atoms with van der Waals surface area (Å²) >= 11 is 8.09. The van der Waals surface area contributed by atoms with Gasteiger partial charge in [0.15, 0.2) is 0 Å². The van der Waals surface area contributed by atoms with Gasteiger partial charge >= 0.3 is 0 Å². The van der Waals surface area contributed by atoms with Crippen LogP contribution in [0.2, 0.25) is 5.02 Å². The second kappa shape index (κ2) is 5.98. The van der Waals surface area contributed by atoms with E-state index in [1.807, 2.05) is 12.1 Å². The number of benzene rings is 1. The third-order valence-corrected chi connectivity index (χ3v) is 4.80. The monoisotopic (exact) mass is 270 g/mol. The van der Waals surface area contributed by atoms with Crippen LogP contribution in [-0.4, -0.2) is 24.1 Å². The fraction of sp³-hybridized carbons (Fsp3) is 0.538. The smallest absolute Gasteiger partial charge is 0.0413 e. The van der Waals surface area contributed by atoms with Gasteiger partial charge < -0.3 is 10.6 Å². The SMILES string of the molecule is CCC1CN(c2ccc(Cl)cc2CN)CCS1. The Morgan fingerprint density at radius 1 is 1.53 bits per heavy atom. The minimum atomic E-state index is 0.552. The van der Waals surface area contributed by atoms with E-state index in [1.165, 1.54) is 17.9 Å². The van der Waals surface area contributed by atoms with E-state index in [2.05, 4.69) is 29.7 Å². The summed E-state index contributed by atoms with van der Waals surface area (Å²) in [5, 5.41) is 1.51. The molecule has 1 aliphatic heterocycles. The summed E-state index contributed by atoms with van der Waals surface area (Å²) in [6.07, 6.45) is 1.23. The first-order valence-corrected chi connectivity index (χ1v) is 7.52. The summed E-state index contributed by atoms with van der Waals surface area (Å²) in [5.41, 5.74) is 8.21. The highest BCUT2D eigenvalue weighted by Crippen LogP contribution is 2.29. The Kier molecular flexibility index (Phi) is 4.60. The Morgan fingerprint density at radius 2 is 2.35 bits per heavy atom. The number of thioether (sulfide) groups is 1. The van der Waals surface area contributed by atoms with Crippen LogP contribution in [0.3, 0.4) is 0 Å². The van der Waals surface area contributed by atoms with Crippen molar-refractivity contribution in [3.8, 4) is 0 Å². The molecule has 2 rings (SSSR count). The number of halogens is 1. The van der Waals surface area contributed by atoms with Crippen LogP contribution < -0.4 is 10.6 Å². The topological polar surface area (TPSA) is 29.3 Å². The van der Waals surface area contributed by atoms with Crippen molar-refractivity contribution in [2.75, 3.05) is 23.7 Å². The van der Waals surface area contributed by atoms with Gasteiger partial charge in [0.25, 0.3) is 0 Å². The molecule has 2 nitrogen and oxygen atoms in total. The molecule has 0 saturated carbocycles. The van der Waals surface area contributed by atoms with E-state index in [1.54, 1.807) is 0 Å². The molecular weight excluding hydrogens is 252 g/mol. The molecule has 1 fully saturated rings. The van der Waals surface area contributed by atoms with E-state index in [-0.39, 0.29) is 0 Å². The van der Waals surface area contributed by atoms with Crippen molar-refractivity contribution in [2.24, 2.45) is 5.73 Å². The Labute approximate surface area is 113 Å². The lowest BCUT2D eigenvalue weighted by molar-refractivity contribution is 0.724. The molecule has 0 spiro atoms. The van der Waals surface area contributed by atoms with Gasteiger partial charge in [0.2, 0.25) is 0 Å². The quantitative estimate of drug-likeness (QED) is 0.915. The Hall–Kier alpha value is -0.380. The number of nitrogens with zero attached hydrogens (tertiary/aromatic N) is 1. The van der Waals surface area contributed by atoms with Crippen LogP contribution in [-0.2, 0) is 6.54 Å². The van der Waals surface area contributed by atoms with Crippen molar-refractivity contribution in [3.63, 3.8) is 0 Å². The highest BCUT2D eigenvalue weighted by Gasteiger charge is 2.20. The fourth-order valence-corrected chi connectivity index (χ4v) is 3.59. The van der Waals surface area contributed by atoms with Crippen molar-refractivity contribution in [2.45, 2.75) is 25.1 Å². The molecule has 1 aliphatic rings. The zero-order chi connectivity index (χ0) is 12.3. The Morgan fingerprint density at radius 3 is 3.06 bits per heavy atom. The van der Waals surface area contributed by atoms with Crippen molar-refractivity contribution in [3.05, 3.63) is 28.8 Å². The average Bonchev–Trinajstić information content (AvgIpc) is 2.38. The lowest BCUT2D eigenvalue weighted by Crippen LogP contribution is -2.38. The molecule has 1 unspecified atom stereocenters. The third kappa shape index (κ3) is 3.09. The van der Waals surface area contributed by atoms with Gasteiger partial charge in [0.1, 0.15) is 0 Å². The highest BCUT2D eigenvalue weighted by atomic mass is 35.5. The summed E-state index contributed by atoms with van der Waals surface area (Å²) in [7, 11) is 0. The number of hydrogen-bond donors (Lipinski definition) is 1. The first-order valence-electron chi connectivity index (χ1n) is 6.09. The normalized spacial score (nSPS) is 20.6. The molecule has 1 saturated heterocycles. The molecule has 0 aliphatic carbocycles. The highest BCUT2D eigenvalue weighted by molar-refractivity contribution is 8.00. The minimum Gasteiger partial charge on any atom is -0.369 e. The fourth-order valence-electron chi connectivity index (χ4n) is 2.21. The van der Waals surface area contributed by atoms with Gasteiger partial charge in [-0.25, -0.2) is 0 Å². The van der Waals surface area contributed by atoms with Crippen molar-refractivity contribution < 1.29 is 0 Å². The largest absolute Gasteiger partial charge is 0.369 e. The Balaban J connectivity index is 2.20. The second-order valence-corrected chi connectivity index (χ2v) is 6.17. The molecule has 1 heterocycles. The van der Waals surface area contributed by atoms with Crippen molar-refractivity contribution >= 4 is 29.1 Å². The van der Waals surface area contributed by atoms with Crippen LogP contribution in [0.25, 0.3) is 0 Å². The van der Waals surface area contributed by atoms with Crippen molar-refractivity contribution in [1.82, 2.24) is 0 Å². The molecule has 1 atom stereocenters. The zero-order valence-corrected chi connectivity index (χ0v) is 11.7. The lowest BCUT2D eigenvalue weighted by Gasteiger charge is -2.34. The molecular formula is C13H19ClN2S. The van der Waals surface area contributed by atoms with E-state index in [0.29, 0.717) is 6.54 Å². The summed E-state index contributed by atoms with van der Waals surface area (Å²) in [4.78, 5) is 2.45. The molecule has 17 heavy (non-hydrogen) atoms. The van der Waals surface area contributed by atoms with E-state index in [4.69, 9.17) is 17.3 Å². The maximum Gasteiger partial charge on any atom is 0.0413 e. The molecule has 0 amide bonds. The molecule has 2 N–H and O–H groups in total. The van der Waals surface area contributed by atoms with Gasteiger partial charge in [0, 0.05) is 41.3 Å². The van der Waals surface area contributed by atoms with Crippen LogP contribution >= 0.6 is 23.4 Å². The number of rotatable bonds is 3. The standard InChI is InChI=1S/C13H19ClN2S/c1-2-12-9-16(5-6-17-12)13-4-3-11(14)7-10(13)8-15/h3-4,7,12H,2,5-6,8-9,15H2,1H3. The van der Waals surface area contributed by atoms with Crippen LogP contribution in [0.15, 0.2) is 18.2 Å². The predicted octanol–water partition coefficient (Wildman–Crippen LogP) is 3.13. The molecule has 0 radical (unpaired) electrons. The number of anilines is 1.